The SMILES string of the molecule is C[C@@H]1CCN(C(=O)c2ccc3c(-c4ccc5c(c4)CN(C)C5=O)cccc3c2)C1. The molecule has 2 aliphatic rings. The first-order valence-corrected chi connectivity index (χ1v) is 10.2. The van der Waals surface area contributed by atoms with Crippen molar-refractivity contribution in [3.8, 4) is 11.1 Å². The monoisotopic (exact) mass is 384 g/mol. The second-order valence-corrected chi connectivity index (χ2v) is 8.42. The van der Waals surface area contributed by atoms with Gasteiger partial charge in [-0.05, 0) is 64.1 Å². The van der Waals surface area contributed by atoms with Gasteiger partial charge in [-0.2, -0.15) is 0 Å². The molecule has 0 spiro atoms. The lowest BCUT2D eigenvalue weighted by Gasteiger charge is -2.16. The van der Waals surface area contributed by atoms with Gasteiger partial charge in [-0.3, -0.25) is 9.59 Å². The third-order valence-corrected chi connectivity index (χ3v) is 6.24. The molecule has 4 heteroatoms. The lowest BCUT2D eigenvalue weighted by atomic mass is 9.94. The Hall–Kier alpha value is -3.14. The van der Waals surface area contributed by atoms with Gasteiger partial charge in [-0.1, -0.05) is 37.3 Å². The van der Waals surface area contributed by atoms with Crippen LogP contribution in [-0.2, 0) is 6.54 Å². The summed E-state index contributed by atoms with van der Waals surface area (Å²) in [6.45, 7) is 4.54. The first kappa shape index (κ1) is 17.9. The number of amides is 2. The lowest BCUT2D eigenvalue weighted by Crippen LogP contribution is -2.28. The van der Waals surface area contributed by atoms with Gasteiger partial charge in [-0.25, -0.2) is 0 Å². The molecular formula is C25H24N2O2. The summed E-state index contributed by atoms with van der Waals surface area (Å²) in [6, 6.07) is 18.3. The van der Waals surface area contributed by atoms with Crippen molar-refractivity contribution >= 4 is 22.6 Å². The minimum Gasteiger partial charge on any atom is -0.338 e. The van der Waals surface area contributed by atoms with Crippen molar-refractivity contribution in [1.29, 1.82) is 0 Å². The minimum absolute atomic E-state index is 0.0869. The zero-order valence-corrected chi connectivity index (χ0v) is 16.8. The number of hydrogen-bond donors (Lipinski definition) is 0. The van der Waals surface area contributed by atoms with Crippen LogP contribution in [0.25, 0.3) is 21.9 Å². The smallest absolute Gasteiger partial charge is 0.254 e. The van der Waals surface area contributed by atoms with Crippen LogP contribution in [0, 0.1) is 5.92 Å². The standard InChI is InChI=1S/C25H24N2O2/c1-16-10-11-27(14-16)24(28)19-7-8-22-17(12-19)4-3-5-21(22)18-6-9-23-20(13-18)15-26(2)25(23)29/h3-9,12-13,16H,10-11,14-15H2,1-2H3/t16-/m1/s1. The Bertz CT molecular complexity index is 1150. The van der Waals surface area contributed by atoms with E-state index < -0.39 is 0 Å². The molecule has 2 aliphatic heterocycles. The Morgan fingerprint density at radius 2 is 1.90 bits per heavy atom. The Morgan fingerprint density at radius 1 is 1.03 bits per heavy atom. The molecule has 0 aliphatic carbocycles. The Kier molecular flexibility index (Phi) is 4.16. The van der Waals surface area contributed by atoms with Gasteiger partial charge in [0.1, 0.15) is 0 Å². The largest absolute Gasteiger partial charge is 0.338 e. The molecule has 0 unspecified atom stereocenters. The van der Waals surface area contributed by atoms with Crippen LogP contribution in [0.15, 0.2) is 54.6 Å². The van der Waals surface area contributed by atoms with Gasteiger partial charge < -0.3 is 9.80 Å². The van der Waals surface area contributed by atoms with Crippen molar-refractivity contribution in [2.75, 3.05) is 20.1 Å². The van der Waals surface area contributed by atoms with E-state index in [1.165, 1.54) is 0 Å². The van der Waals surface area contributed by atoms with Gasteiger partial charge in [0.2, 0.25) is 0 Å². The molecule has 0 saturated carbocycles. The second-order valence-electron chi connectivity index (χ2n) is 8.42. The van der Waals surface area contributed by atoms with Crippen molar-refractivity contribution in [2.45, 2.75) is 19.9 Å². The number of fused-ring (bicyclic) bond motifs is 2. The van der Waals surface area contributed by atoms with Crippen molar-refractivity contribution < 1.29 is 9.59 Å². The van der Waals surface area contributed by atoms with E-state index in [1.807, 2.05) is 42.3 Å². The van der Waals surface area contributed by atoms with Crippen LogP contribution in [0.3, 0.4) is 0 Å². The van der Waals surface area contributed by atoms with Gasteiger partial charge in [-0.15, -0.1) is 0 Å². The van der Waals surface area contributed by atoms with E-state index in [-0.39, 0.29) is 11.8 Å². The molecule has 3 aromatic carbocycles. The fraction of sp³-hybridized carbons (Fsp3) is 0.280. The fourth-order valence-electron chi connectivity index (χ4n) is 4.60. The quantitative estimate of drug-likeness (QED) is 0.649. The number of carbonyl (C=O) groups is 2. The molecule has 0 radical (unpaired) electrons. The molecule has 1 atom stereocenters. The van der Waals surface area contributed by atoms with E-state index in [1.54, 1.807) is 4.90 Å². The third-order valence-electron chi connectivity index (χ3n) is 6.24. The summed E-state index contributed by atoms with van der Waals surface area (Å²) in [6.07, 6.45) is 1.08. The topological polar surface area (TPSA) is 40.6 Å². The summed E-state index contributed by atoms with van der Waals surface area (Å²) in [5.74, 6) is 0.793. The lowest BCUT2D eigenvalue weighted by molar-refractivity contribution is 0.0786. The highest BCUT2D eigenvalue weighted by Gasteiger charge is 2.25. The molecular weight excluding hydrogens is 360 g/mol. The summed E-state index contributed by atoms with van der Waals surface area (Å²) >= 11 is 0. The van der Waals surface area contributed by atoms with Gasteiger partial charge in [0.25, 0.3) is 11.8 Å². The van der Waals surface area contributed by atoms with E-state index in [4.69, 9.17) is 0 Å². The van der Waals surface area contributed by atoms with E-state index in [0.717, 1.165) is 58.1 Å². The molecule has 1 saturated heterocycles. The highest BCUT2D eigenvalue weighted by atomic mass is 16.2. The first-order chi connectivity index (χ1) is 14.0. The fourth-order valence-corrected chi connectivity index (χ4v) is 4.60. The predicted molar refractivity (Wildman–Crippen MR) is 115 cm³/mol. The van der Waals surface area contributed by atoms with E-state index in [2.05, 4.69) is 31.2 Å². The average molecular weight is 384 g/mol. The van der Waals surface area contributed by atoms with E-state index >= 15 is 0 Å². The summed E-state index contributed by atoms with van der Waals surface area (Å²) in [5, 5.41) is 2.19. The van der Waals surface area contributed by atoms with Crippen LogP contribution >= 0.6 is 0 Å². The Morgan fingerprint density at radius 3 is 2.69 bits per heavy atom. The maximum Gasteiger partial charge on any atom is 0.254 e. The summed E-state index contributed by atoms with van der Waals surface area (Å²) in [7, 11) is 1.83. The molecule has 29 heavy (non-hydrogen) atoms. The molecule has 146 valence electrons. The molecule has 2 amide bonds. The normalized spacial score (nSPS) is 18.6. The minimum atomic E-state index is 0.0869. The second kappa shape index (κ2) is 6.73. The van der Waals surface area contributed by atoms with Gasteiger partial charge in [0.15, 0.2) is 0 Å². The maximum atomic E-state index is 12.9. The van der Waals surface area contributed by atoms with Crippen molar-refractivity contribution in [3.05, 3.63) is 71.3 Å². The highest BCUT2D eigenvalue weighted by Crippen LogP contribution is 2.33. The molecule has 3 aromatic rings. The van der Waals surface area contributed by atoms with Crippen LogP contribution in [-0.4, -0.2) is 41.8 Å². The summed E-state index contributed by atoms with van der Waals surface area (Å²) in [4.78, 5) is 28.8. The van der Waals surface area contributed by atoms with Crippen LogP contribution < -0.4 is 0 Å². The predicted octanol–water partition coefficient (Wildman–Crippen LogP) is 4.57. The Balaban J connectivity index is 1.53. The van der Waals surface area contributed by atoms with Gasteiger partial charge in [0, 0.05) is 37.8 Å². The summed E-state index contributed by atoms with van der Waals surface area (Å²) in [5.41, 5.74) is 4.85. The molecule has 2 heterocycles. The first-order valence-electron chi connectivity index (χ1n) is 10.2. The third kappa shape index (κ3) is 3.00. The van der Waals surface area contributed by atoms with Gasteiger partial charge in [0.05, 0.1) is 0 Å². The van der Waals surface area contributed by atoms with Crippen molar-refractivity contribution in [1.82, 2.24) is 9.80 Å². The van der Waals surface area contributed by atoms with Gasteiger partial charge >= 0.3 is 0 Å². The number of carbonyl (C=O) groups excluding carboxylic acids is 2. The molecule has 1 fully saturated rings. The maximum absolute atomic E-state index is 12.9. The van der Waals surface area contributed by atoms with Crippen LogP contribution in [0.4, 0.5) is 0 Å². The van der Waals surface area contributed by atoms with E-state index in [0.29, 0.717) is 12.5 Å². The number of rotatable bonds is 2. The van der Waals surface area contributed by atoms with Crippen LogP contribution in [0.1, 0.15) is 39.6 Å². The molecule has 0 aromatic heterocycles. The number of hydrogen-bond acceptors (Lipinski definition) is 2. The van der Waals surface area contributed by atoms with Crippen LogP contribution in [0.5, 0.6) is 0 Å². The van der Waals surface area contributed by atoms with Crippen LogP contribution in [0.2, 0.25) is 0 Å². The summed E-state index contributed by atoms with van der Waals surface area (Å²) < 4.78 is 0. The molecule has 0 bridgehead atoms. The molecule has 4 nitrogen and oxygen atoms in total. The number of nitrogens with zero attached hydrogens (tertiary/aromatic N) is 2. The van der Waals surface area contributed by atoms with E-state index in [9.17, 15) is 9.59 Å². The molecule has 0 N–H and O–H groups in total. The Labute approximate surface area is 170 Å². The number of likely N-dealkylation sites (tertiary alicyclic amines) is 1. The van der Waals surface area contributed by atoms with Crippen molar-refractivity contribution in [2.24, 2.45) is 5.92 Å². The van der Waals surface area contributed by atoms with Crippen molar-refractivity contribution in [3.63, 3.8) is 0 Å². The zero-order valence-electron chi connectivity index (χ0n) is 16.8. The molecule has 5 rings (SSSR count). The zero-order chi connectivity index (χ0) is 20.1. The highest BCUT2D eigenvalue weighted by molar-refractivity contribution is 6.04. The average Bonchev–Trinajstić information content (AvgIpc) is 3.29. The number of benzene rings is 3.